The number of para-hydroxylation sites is 1. The first-order valence-corrected chi connectivity index (χ1v) is 7.45. The van der Waals surface area contributed by atoms with Crippen molar-refractivity contribution in [1.29, 1.82) is 0 Å². The molecule has 0 unspecified atom stereocenters. The molecule has 0 radical (unpaired) electrons. The van der Waals surface area contributed by atoms with E-state index in [1.807, 2.05) is 42.6 Å². The highest BCUT2D eigenvalue weighted by molar-refractivity contribution is 5.96. The van der Waals surface area contributed by atoms with Crippen molar-refractivity contribution < 1.29 is 4.79 Å². The molecule has 0 aliphatic carbocycles. The minimum atomic E-state index is 0.168. The van der Waals surface area contributed by atoms with Crippen molar-refractivity contribution >= 4 is 11.6 Å². The molecule has 0 fully saturated rings. The zero-order valence-corrected chi connectivity index (χ0v) is 12.9. The topological polar surface area (TPSA) is 38.1 Å². The van der Waals surface area contributed by atoms with Gasteiger partial charge < -0.3 is 4.90 Å². The number of hydrogen-bond donors (Lipinski definition) is 0. The smallest absolute Gasteiger partial charge is 0.231 e. The van der Waals surface area contributed by atoms with E-state index in [-0.39, 0.29) is 5.91 Å². The highest BCUT2D eigenvalue weighted by Gasteiger charge is 2.24. The minimum Gasteiger partial charge on any atom is -0.312 e. The van der Waals surface area contributed by atoms with Crippen molar-refractivity contribution in [2.75, 3.05) is 11.4 Å². The Balaban J connectivity index is 1.87. The predicted molar refractivity (Wildman–Crippen MR) is 83.5 cm³/mol. The summed E-state index contributed by atoms with van der Waals surface area (Å²) in [5.74, 6) is 0.168. The van der Waals surface area contributed by atoms with E-state index >= 15 is 0 Å². The van der Waals surface area contributed by atoms with E-state index in [0.717, 1.165) is 42.0 Å². The van der Waals surface area contributed by atoms with Gasteiger partial charge in [0.05, 0.1) is 12.1 Å². The van der Waals surface area contributed by atoms with Crippen LogP contribution in [0.3, 0.4) is 0 Å². The lowest BCUT2D eigenvalue weighted by molar-refractivity contribution is -0.118. The van der Waals surface area contributed by atoms with E-state index in [4.69, 9.17) is 0 Å². The number of amides is 1. The van der Waals surface area contributed by atoms with Crippen molar-refractivity contribution in [3.63, 3.8) is 0 Å². The van der Waals surface area contributed by atoms with E-state index in [1.54, 1.807) is 0 Å². The lowest BCUT2D eigenvalue weighted by atomic mass is 10.0. The van der Waals surface area contributed by atoms with Crippen molar-refractivity contribution in [1.82, 2.24) is 9.78 Å². The number of rotatable bonds is 2. The van der Waals surface area contributed by atoms with Crippen molar-refractivity contribution in [2.24, 2.45) is 7.05 Å². The number of carbonyl (C=O) groups excluding carboxylic acids is 1. The first-order valence-electron chi connectivity index (χ1n) is 7.45. The molecule has 4 nitrogen and oxygen atoms in total. The summed E-state index contributed by atoms with van der Waals surface area (Å²) in [6.07, 6.45) is 2.53. The second-order valence-electron chi connectivity index (χ2n) is 5.73. The maximum Gasteiger partial charge on any atom is 0.231 e. The van der Waals surface area contributed by atoms with Crippen molar-refractivity contribution in [3.8, 4) is 0 Å². The number of benzene rings is 1. The third kappa shape index (κ3) is 2.46. The summed E-state index contributed by atoms with van der Waals surface area (Å²) < 4.78 is 1.85. The van der Waals surface area contributed by atoms with Gasteiger partial charge in [0, 0.05) is 30.5 Å². The van der Waals surface area contributed by atoms with Crippen LogP contribution < -0.4 is 4.90 Å². The normalized spacial score (nSPS) is 14.1. The van der Waals surface area contributed by atoms with Gasteiger partial charge in [0.1, 0.15) is 0 Å². The fourth-order valence-electron chi connectivity index (χ4n) is 3.11. The Morgan fingerprint density at radius 2 is 2.05 bits per heavy atom. The lowest BCUT2D eigenvalue weighted by Crippen LogP contribution is -2.36. The largest absolute Gasteiger partial charge is 0.312 e. The summed E-state index contributed by atoms with van der Waals surface area (Å²) in [5, 5.41) is 4.40. The molecular weight excluding hydrogens is 262 g/mol. The molecule has 1 amide bonds. The molecule has 0 N–H and O–H groups in total. The summed E-state index contributed by atoms with van der Waals surface area (Å²) >= 11 is 0. The molecule has 4 heteroatoms. The van der Waals surface area contributed by atoms with Gasteiger partial charge in [0.25, 0.3) is 0 Å². The van der Waals surface area contributed by atoms with Gasteiger partial charge in [-0.05, 0) is 38.3 Å². The van der Waals surface area contributed by atoms with Gasteiger partial charge in [-0.2, -0.15) is 5.10 Å². The van der Waals surface area contributed by atoms with E-state index in [2.05, 4.69) is 17.2 Å². The lowest BCUT2D eigenvalue weighted by Gasteiger charge is -2.29. The van der Waals surface area contributed by atoms with Crippen LogP contribution in [-0.2, 0) is 24.7 Å². The summed E-state index contributed by atoms with van der Waals surface area (Å²) in [4.78, 5) is 14.7. The summed E-state index contributed by atoms with van der Waals surface area (Å²) in [6.45, 7) is 4.81. The Bertz CT molecular complexity index is 687. The SMILES string of the molecule is Cc1nn(C)c(C)c1CC(=O)N1CCCc2ccccc21. The Labute approximate surface area is 125 Å². The molecule has 0 saturated heterocycles. The molecule has 2 aromatic rings. The van der Waals surface area contributed by atoms with Gasteiger partial charge in [-0.25, -0.2) is 0 Å². The second kappa shape index (κ2) is 5.35. The molecule has 1 aromatic heterocycles. The molecule has 1 aromatic carbocycles. The van der Waals surface area contributed by atoms with Gasteiger partial charge in [0.15, 0.2) is 0 Å². The van der Waals surface area contributed by atoms with E-state index in [1.165, 1.54) is 5.56 Å². The number of aromatic nitrogens is 2. The quantitative estimate of drug-likeness (QED) is 0.849. The molecule has 110 valence electrons. The molecule has 21 heavy (non-hydrogen) atoms. The number of anilines is 1. The molecule has 2 heterocycles. The van der Waals surface area contributed by atoms with E-state index in [9.17, 15) is 4.79 Å². The van der Waals surface area contributed by atoms with Crippen molar-refractivity contribution in [2.45, 2.75) is 33.1 Å². The first kappa shape index (κ1) is 13.9. The van der Waals surface area contributed by atoms with Crippen LogP contribution in [0, 0.1) is 13.8 Å². The molecule has 3 rings (SSSR count). The first-order chi connectivity index (χ1) is 10.1. The molecule has 1 aliphatic heterocycles. The maximum absolute atomic E-state index is 12.7. The Morgan fingerprint density at radius 3 is 2.76 bits per heavy atom. The van der Waals surface area contributed by atoms with Crippen LogP contribution in [0.2, 0.25) is 0 Å². The third-order valence-electron chi connectivity index (χ3n) is 4.40. The fraction of sp³-hybridized carbons (Fsp3) is 0.412. The third-order valence-corrected chi connectivity index (χ3v) is 4.40. The number of aryl methyl sites for hydroxylation is 3. The maximum atomic E-state index is 12.7. The van der Waals surface area contributed by atoms with Crippen LogP contribution in [0.1, 0.15) is 28.9 Å². The van der Waals surface area contributed by atoms with Gasteiger partial charge in [-0.3, -0.25) is 9.48 Å². The summed E-state index contributed by atoms with van der Waals surface area (Å²) in [5.41, 5.74) is 5.44. The van der Waals surface area contributed by atoms with Crippen LogP contribution in [0.25, 0.3) is 0 Å². The number of hydrogen-bond acceptors (Lipinski definition) is 2. The molecule has 1 aliphatic rings. The molecule has 0 saturated carbocycles. The van der Waals surface area contributed by atoms with Crippen LogP contribution in [-0.4, -0.2) is 22.2 Å². The Kier molecular flexibility index (Phi) is 3.53. The number of carbonyl (C=O) groups is 1. The molecule has 0 bridgehead atoms. The zero-order chi connectivity index (χ0) is 15.0. The average molecular weight is 283 g/mol. The van der Waals surface area contributed by atoms with Gasteiger partial charge >= 0.3 is 0 Å². The second-order valence-corrected chi connectivity index (χ2v) is 5.73. The van der Waals surface area contributed by atoms with Crippen LogP contribution >= 0.6 is 0 Å². The predicted octanol–water partition coefficient (Wildman–Crippen LogP) is 2.56. The average Bonchev–Trinajstić information content (AvgIpc) is 2.73. The van der Waals surface area contributed by atoms with E-state index in [0.29, 0.717) is 6.42 Å². The molecule has 0 atom stereocenters. The van der Waals surface area contributed by atoms with Crippen LogP contribution in [0.5, 0.6) is 0 Å². The van der Waals surface area contributed by atoms with Gasteiger partial charge in [-0.1, -0.05) is 18.2 Å². The van der Waals surface area contributed by atoms with Gasteiger partial charge in [-0.15, -0.1) is 0 Å². The Morgan fingerprint density at radius 1 is 1.29 bits per heavy atom. The van der Waals surface area contributed by atoms with Crippen LogP contribution in [0.15, 0.2) is 24.3 Å². The van der Waals surface area contributed by atoms with Gasteiger partial charge in [0.2, 0.25) is 5.91 Å². The van der Waals surface area contributed by atoms with Crippen LogP contribution in [0.4, 0.5) is 5.69 Å². The highest BCUT2D eigenvalue weighted by Crippen LogP contribution is 2.27. The molecular formula is C17H21N3O. The monoisotopic (exact) mass is 283 g/mol. The number of fused-ring (bicyclic) bond motifs is 1. The zero-order valence-electron chi connectivity index (χ0n) is 12.9. The number of nitrogens with zero attached hydrogens (tertiary/aromatic N) is 3. The summed E-state index contributed by atoms with van der Waals surface area (Å²) in [6, 6.07) is 8.22. The minimum absolute atomic E-state index is 0.168. The summed E-state index contributed by atoms with van der Waals surface area (Å²) in [7, 11) is 1.92. The molecule has 0 spiro atoms. The van der Waals surface area contributed by atoms with E-state index < -0.39 is 0 Å². The fourth-order valence-corrected chi connectivity index (χ4v) is 3.11. The Hall–Kier alpha value is -2.10. The standard InChI is InChI=1S/C17H21N3O/c1-12-15(13(2)19(3)18-12)11-17(21)20-10-6-8-14-7-4-5-9-16(14)20/h4-5,7,9H,6,8,10-11H2,1-3H3. The van der Waals surface area contributed by atoms with Crippen molar-refractivity contribution in [3.05, 3.63) is 46.8 Å². The highest BCUT2D eigenvalue weighted by atomic mass is 16.2.